The lowest BCUT2D eigenvalue weighted by molar-refractivity contribution is -0.125. The van der Waals surface area contributed by atoms with Crippen LogP contribution in [0.4, 0.5) is 11.5 Å². The van der Waals surface area contributed by atoms with Crippen LogP contribution in [-0.4, -0.2) is 49.1 Å². The average molecular weight is 436 g/mol. The molecule has 1 aliphatic heterocycles. The fourth-order valence-electron chi connectivity index (χ4n) is 3.55. The Kier molecular flexibility index (Phi) is 8.58. The lowest BCUT2D eigenvalue weighted by Gasteiger charge is -2.32. The van der Waals surface area contributed by atoms with Crippen LogP contribution < -0.4 is 15.1 Å². The van der Waals surface area contributed by atoms with Gasteiger partial charge in [0.1, 0.15) is 5.82 Å². The molecule has 1 aromatic carbocycles. The third-order valence-corrected chi connectivity index (χ3v) is 5.25. The fourth-order valence-corrected chi connectivity index (χ4v) is 3.55. The molecule has 2 aromatic rings. The predicted molar refractivity (Wildman–Crippen MR) is 122 cm³/mol. The number of ether oxygens (including phenoxy) is 1. The summed E-state index contributed by atoms with van der Waals surface area (Å²) in [5.74, 6) is 0.532. The molecule has 168 valence electrons. The number of anilines is 2. The molecule has 3 rings (SSSR count). The maximum Gasteiger partial charge on any atom is 0.227 e. The highest BCUT2D eigenvalue weighted by Gasteiger charge is 2.18. The Morgan fingerprint density at radius 3 is 2.75 bits per heavy atom. The zero-order chi connectivity index (χ0) is 22.8. The van der Waals surface area contributed by atoms with Gasteiger partial charge in [0.15, 0.2) is 0 Å². The Bertz CT molecular complexity index is 927. The zero-order valence-corrected chi connectivity index (χ0v) is 18.4. The molecular weight excluding hydrogens is 406 g/mol. The number of pyridine rings is 1. The number of hydrogen-bond acceptors (Lipinski definition) is 6. The van der Waals surface area contributed by atoms with Crippen LogP contribution in [0.3, 0.4) is 0 Å². The van der Waals surface area contributed by atoms with E-state index in [0.29, 0.717) is 19.7 Å². The molecule has 0 saturated carbocycles. The minimum Gasteiger partial charge on any atom is -0.375 e. The highest BCUT2D eigenvalue weighted by Crippen LogP contribution is 2.17. The second kappa shape index (κ2) is 11.8. The topological polar surface area (TPSA) is 98.6 Å². The summed E-state index contributed by atoms with van der Waals surface area (Å²) in [6.45, 7) is 5.03. The number of rotatable bonds is 9. The normalized spacial score (nSPS) is 15.6. The average Bonchev–Trinajstić information content (AvgIpc) is 2.82. The Morgan fingerprint density at radius 1 is 1.25 bits per heavy atom. The first-order chi connectivity index (χ1) is 15.6. The van der Waals surface area contributed by atoms with Crippen molar-refractivity contribution < 1.29 is 14.3 Å². The molecule has 0 bridgehead atoms. The maximum absolute atomic E-state index is 12.7. The Labute approximate surface area is 188 Å². The maximum atomic E-state index is 12.7. The van der Waals surface area contributed by atoms with Crippen LogP contribution >= 0.6 is 0 Å². The minimum absolute atomic E-state index is 0.0819. The lowest BCUT2D eigenvalue weighted by atomic mass is 10.2. The van der Waals surface area contributed by atoms with Gasteiger partial charge in [0, 0.05) is 50.9 Å². The molecule has 8 nitrogen and oxygen atoms in total. The van der Waals surface area contributed by atoms with Gasteiger partial charge in [-0.2, -0.15) is 5.26 Å². The third kappa shape index (κ3) is 6.79. The van der Waals surface area contributed by atoms with E-state index in [2.05, 4.69) is 21.3 Å². The van der Waals surface area contributed by atoms with Crippen LogP contribution in [0.25, 0.3) is 0 Å². The summed E-state index contributed by atoms with van der Waals surface area (Å²) in [7, 11) is 0. The van der Waals surface area contributed by atoms with Gasteiger partial charge in [-0.05, 0) is 30.7 Å². The molecule has 1 N–H and O–H groups in total. The van der Waals surface area contributed by atoms with Gasteiger partial charge in [-0.1, -0.05) is 24.3 Å². The number of benzene rings is 1. The van der Waals surface area contributed by atoms with Crippen molar-refractivity contribution in [1.82, 2.24) is 10.3 Å². The van der Waals surface area contributed by atoms with E-state index in [0.717, 1.165) is 30.2 Å². The van der Waals surface area contributed by atoms with Crippen molar-refractivity contribution in [2.45, 2.75) is 38.8 Å². The number of amides is 2. The quantitative estimate of drug-likeness (QED) is 0.650. The SMILES string of the molecule is CC1CN(c2ccc(CNC(=O)CCC(=O)N(CCC#N)c3ccccc3)cn2)CCO1. The van der Waals surface area contributed by atoms with E-state index in [9.17, 15) is 9.59 Å². The first kappa shape index (κ1) is 23.2. The molecule has 1 aromatic heterocycles. The molecular formula is C24H29N5O3. The predicted octanol–water partition coefficient (Wildman–Crippen LogP) is 2.65. The van der Waals surface area contributed by atoms with Crippen molar-refractivity contribution in [3.05, 3.63) is 54.2 Å². The van der Waals surface area contributed by atoms with Crippen molar-refractivity contribution in [2.75, 3.05) is 36.0 Å². The summed E-state index contributed by atoms with van der Waals surface area (Å²) in [6.07, 6.45) is 2.36. The summed E-state index contributed by atoms with van der Waals surface area (Å²) in [4.78, 5) is 33.2. The summed E-state index contributed by atoms with van der Waals surface area (Å²) in [5, 5.41) is 11.7. The molecule has 0 aliphatic carbocycles. The van der Waals surface area contributed by atoms with Gasteiger partial charge in [-0.15, -0.1) is 0 Å². The molecule has 8 heteroatoms. The number of morpholine rings is 1. The van der Waals surface area contributed by atoms with E-state index in [-0.39, 0.29) is 37.2 Å². The van der Waals surface area contributed by atoms with E-state index in [1.807, 2.05) is 49.4 Å². The second-order valence-electron chi connectivity index (χ2n) is 7.72. The van der Waals surface area contributed by atoms with E-state index >= 15 is 0 Å². The standard InChI is InChI=1S/C24H29N5O3/c1-19-18-28(14-15-32-19)22-9-8-20(16-26-22)17-27-23(30)10-11-24(31)29(13-5-12-25)21-6-3-2-4-7-21/h2-4,6-9,16,19H,5,10-11,13-15,17-18H2,1H3,(H,27,30). The lowest BCUT2D eigenvalue weighted by Crippen LogP contribution is -2.41. The molecule has 1 unspecified atom stereocenters. The number of carbonyl (C=O) groups is 2. The molecule has 1 fully saturated rings. The molecule has 1 atom stereocenters. The molecule has 32 heavy (non-hydrogen) atoms. The molecule has 2 heterocycles. The minimum atomic E-state index is -0.197. The Morgan fingerprint density at radius 2 is 2.06 bits per heavy atom. The number of para-hydroxylation sites is 1. The molecule has 2 amide bonds. The van der Waals surface area contributed by atoms with Crippen LogP contribution in [0.1, 0.15) is 31.7 Å². The zero-order valence-electron chi connectivity index (χ0n) is 18.4. The third-order valence-electron chi connectivity index (χ3n) is 5.25. The first-order valence-electron chi connectivity index (χ1n) is 10.9. The van der Waals surface area contributed by atoms with E-state index < -0.39 is 0 Å². The number of carbonyl (C=O) groups excluding carboxylic acids is 2. The number of nitrogens with zero attached hydrogens (tertiary/aromatic N) is 4. The number of hydrogen-bond donors (Lipinski definition) is 1. The van der Waals surface area contributed by atoms with E-state index in [1.54, 1.807) is 11.1 Å². The van der Waals surface area contributed by atoms with Crippen LogP contribution in [0.15, 0.2) is 48.7 Å². The van der Waals surface area contributed by atoms with Crippen molar-refractivity contribution >= 4 is 23.3 Å². The van der Waals surface area contributed by atoms with E-state index in [1.165, 1.54) is 0 Å². The van der Waals surface area contributed by atoms with Crippen molar-refractivity contribution in [3.63, 3.8) is 0 Å². The van der Waals surface area contributed by atoms with Crippen molar-refractivity contribution in [3.8, 4) is 6.07 Å². The van der Waals surface area contributed by atoms with Gasteiger partial charge < -0.3 is 19.9 Å². The van der Waals surface area contributed by atoms with Gasteiger partial charge in [0.05, 0.1) is 25.2 Å². The molecule has 0 radical (unpaired) electrons. The van der Waals surface area contributed by atoms with Gasteiger partial charge in [0.25, 0.3) is 0 Å². The molecule has 1 saturated heterocycles. The highest BCUT2D eigenvalue weighted by molar-refractivity contribution is 5.95. The highest BCUT2D eigenvalue weighted by atomic mass is 16.5. The summed E-state index contributed by atoms with van der Waals surface area (Å²) in [5.41, 5.74) is 1.63. The smallest absolute Gasteiger partial charge is 0.227 e. The second-order valence-corrected chi connectivity index (χ2v) is 7.72. The van der Waals surface area contributed by atoms with Crippen molar-refractivity contribution in [2.24, 2.45) is 0 Å². The Hall–Kier alpha value is -3.44. The van der Waals surface area contributed by atoms with E-state index in [4.69, 9.17) is 10.00 Å². The number of nitriles is 1. The van der Waals surface area contributed by atoms with Crippen LogP contribution in [0.2, 0.25) is 0 Å². The van der Waals surface area contributed by atoms with Crippen LogP contribution in [0.5, 0.6) is 0 Å². The Balaban J connectivity index is 1.46. The molecule has 1 aliphatic rings. The van der Waals surface area contributed by atoms with Crippen LogP contribution in [0, 0.1) is 11.3 Å². The van der Waals surface area contributed by atoms with Crippen molar-refractivity contribution in [1.29, 1.82) is 5.26 Å². The summed E-state index contributed by atoms with van der Waals surface area (Å²) >= 11 is 0. The summed E-state index contributed by atoms with van der Waals surface area (Å²) in [6, 6.07) is 15.2. The van der Waals surface area contributed by atoms with Crippen LogP contribution in [-0.2, 0) is 20.9 Å². The summed E-state index contributed by atoms with van der Waals surface area (Å²) < 4.78 is 5.56. The largest absolute Gasteiger partial charge is 0.375 e. The van der Waals surface area contributed by atoms with Gasteiger partial charge in [-0.3, -0.25) is 9.59 Å². The number of aromatic nitrogens is 1. The van der Waals surface area contributed by atoms with Gasteiger partial charge in [0.2, 0.25) is 11.8 Å². The molecule has 0 spiro atoms. The fraction of sp³-hybridized carbons (Fsp3) is 0.417. The monoisotopic (exact) mass is 435 g/mol. The first-order valence-corrected chi connectivity index (χ1v) is 10.9. The van der Waals surface area contributed by atoms with Gasteiger partial charge in [-0.25, -0.2) is 4.98 Å². The number of nitrogens with one attached hydrogen (secondary N) is 1. The van der Waals surface area contributed by atoms with Gasteiger partial charge >= 0.3 is 0 Å².